The lowest BCUT2D eigenvalue weighted by atomic mass is 9.93. The molecule has 40 heavy (non-hydrogen) atoms. The van der Waals surface area contributed by atoms with Gasteiger partial charge in [-0.05, 0) is 48.6 Å². The summed E-state index contributed by atoms with van der Waals surface area (Å²) in [4.78, 5) is 44.2. The number of hydrogen-bond donors (Lipinski definition) is 1. The number of benzene rings is 3. The van der Waals surface area contributed by atoms with Gasteiger partial charge in [0.2, 0.25) is 0 Å². The first-order valence-electron chi connectivity index (χ1n) is 12.2. The maximum Gasteiger partial charge on any atom is 0.338 e. The van der Waals surface area contributed by atoms with E-state index >= 15 is 0 Å². The number of thiazole rings is 1. The fourth-order valence-corrected chi connectivity index (χ4v) is 5.88. The molecule has 4 aromatic rings. The molecule has 1 atom stereocenters. The van der Waals surface area contributed by atoms with Crippen LogP contribution in [0.3, 0.4) is 0 Å². The zero-order valence-corrected chi connectivity index (χ0v) is 23.1. The number of carbonyl (C=O) groups is 1. The first kappa shape index (κ1) is 27.1. The highest BCUT2D eigenvalue weighted by atomic mass is 32.2. The van der Waals surface area contributed by atoms with Gasteiger partial charge in [-0.15, -0.1) is 11.8 Å². The summed E-state index contributed by atoms with van der Waals surface area (Å²) in [6, 6.07) is 19.9. The fraction of sp³-hybridized carbons (Fsp3) is 0.138. The topological polar surface area (TPSA) is 124 Å². The van der Waals surface area contributed by atoms with Gasteiger partial charge in [-0.3, -0.25) is 19.5 Å². The smallest absolute Gasteiger partial charge is 0.338 e. The highest BCUT2D eigenvalue weighted by molar-refractivity contribution is 7.98. The second-order valence-corrected chi connectivity index (χ2v) is 10.6. The van der Waals surface area contributed by atoms with Crippen LogP contribution >= 0.6 is 23.1 Å². The molecule has 0 fully saturated rings. The van der Waals surface area contributed by atoms with Crippen molar-refractivity contribution in [1.82, 2.24) is 4.57 Å². The van der Waals surface area contributed by atoms with Crippen LogP contribution in [0, 0.1) is 10.1 Å². The van der Waals surface area contributed by atoms with E-state index in [1.165, 1.54) is 28.8 Å². The van der Waals surface area contributed by atoms with Crippen LogP contribution in [0.5, 0.6) is 5.75 Å². The van der Waals surface area contributed by atoms with Gasteiger partial charge >= 0.3 is 11.7 Å². The number of esters is 1. The SMILES string of the molecule is CCOC(=O)C1=C(c2ccccc2)N=c2s/c(=C\c3ccc(O)c([N+](=O)[O-])c3)c(=O)n2[C@H]1c1ccc(SC)cc1. The van der Waals surface area contributed by atoms with E-state index in [1.54, 1.807) is 18.7 Å². The average molecular weight is 574 g/mol. The third-order valence-electron chi connectivity index (χ3n) is 6.30. The highest BCUT2D eigenvalue weighted by Crippen LogP contribution is 2.35. The number of phenols is 1. The molecule has 0 saturated heterocycles. The Morgan fingerprint density at radius 1 is 1.18 bits per heavy atom. The molecule has 0 unspecified atom stereocenters. The van der Waals surface area contributed by atoms with E-state index in [-0.39, 0.29) is 16.7 Å². The van der Waals surface area contributed by atoms with Crippen molar-refractivity contribution in [3.63, 3.8) is 0 Å². The third kappa shape index (κ3) is 5.08. The van der Waals surface area contributed by atoms with Crippen LogP contribution in [-0.4, -0.2) is 33.4 Å². The van der Waals surface area contributed by atoms with E-state index in [4.69, 9.17) is 9.73 Å². The van der Waals surface area contributed by atoms with E-state index in [2.05, 4.69) is 0 Å². The fourth-order valence-electron chi connectivity index (χ4n) is 4.47. The molecule has 5 rings (SSSR count). The summed E-state index contributed by atoms with van der Waals surface area (Å²) < 4.78 is 7.20. The molecule has 3 aromatic carbocycles. The predicted octanol–water partition coefficient (Wildman–Crippen LogP) is 4.27. The lowest BCUT2D eigenvalue weighted by molar-refractivity contribution is -0.385. The second kappa shape index (κ2) is 11.3. The molecule has 1 N–H and O–H groups in total. The third-order valence-corrected chi connectivity index (χ3v) is 8.03. The molecule has 0 saturated carbocycles. The molecule has 0 spiro atoms. The van der Waals surface area contributed by atoms with Crippen molar-refractivity contribution < 1.29 is 19.6 Å². The standard InChI is InChI=1S/C29H23N3O6S2/c1-3-38-28(35)24-25(18-7-5-4-6-8-18)30-29-31(26(24)19-10-12-20(39-2)13-11-19)27(34)23(40-29)16-17-9-14-22(33)21(15-17)32(36)37/h4-16,26,33H,3H2,1-2H3/b23-16-/t26-/m0/s1. The number of thioether (sulfide) groups is 1. The number of aromatic nitrogens is 1. The zero-order chi connectivity index (χ0) is 28.4. The Labute approximate surface area is 236 Å². The maximum atomic E-state index is 13.9. The summed E-state index contributed by atoms with van der Waals surface area (Å²) in [6.07, 6.45) is 3.48. The van der Waals surface area contributed by atoms with Crippen molar-refractivity contribution in [2.45, 2.75) is 17.9 Å². The van der Waals surface area contributed by atoms with Crippen LogP contribution in [0.1, 0.15) is 29.7 Å². The molecule has 11 heteroatoms. The molecule has 1 aromatic heterocycles. The number of hydrogen-bond acceptors (Lipinski definition) is 9. The largest absolute Gasteiger partial charge is 0.502 e. The Balaban J connectivity index is 1.80. The van der Waals surface area contributed by atoms with Gasteiger partial charge in [-0.2, -0.15) is 0 Å². The minimum absolute atomic E-state index is 0.145. The van der Waals surface area contributed by atoms with E-state index in [0.29, 0.717) is 27.2 Å². The highest BCUT2D eigenvalue weighted by Gasteiger charge is 2.35. The predicted molar refractivity (Wildman–Crippen MR) is 154 cm³/mol. The Kier molecular flexibility index (Phi) is 7.67. The van der Waals surface area contributed by atoms with Crippen LogP contribution in [0.15, 0.2) is 93.1 Å². The number of rotatable bonds is 7. The van der Waals surface area contributed by atoms with Gasteiger partial charge in [0.15, 0.2) is 10.6 Å². The Morgan fingerprint density at radius 2 is 1.90 bits per heavy atom. The number of phenolic OH excluding ortho intramolecular Hbond substituents is 1. The van der Waals surface area contributed by atoms with E-state index in [9.17, 15) is 24.8 Å². The Hall–Kier alpha value is -4.48. The van der Waals surface area contributed by atoms with Gasteiger partial charge in [-0.1, -0.05) is 59.9 Å². The zero-order valence-electron chi connectivity index (χ0n) is 21.4. The van der Waals surface area contributed by atoms with Crippen molar-refractivity contribution in [3.05, 3.63) is 125 Å². The molecular formula is C29H23N3O6S2. The van der Waals surface area contributed by atoms with Crippen molar-refractivity contribution in [2.75, 3.05) is 12.9 Å². The van der Waals surface area contributed by atoms with E-state index in [0.717, 1.165) is 16.2 Å². The van der Waals surface area contributed by atoms with Gasteiger partial charge < -0.3 is 9.84 Å². The number of carbonyl (C=O) groups excluding carboxylic acids is 1. The number of nitrogens with zero attached hydrogens (tertiary/aromatic N) is 3. The number of aromatic hydroxyl groups is 1. The number of nitro groups is 1. The lowest BCUT2D eigenvalue weighted by Crippen LogP contribution is -2.40. The molecule has 0 radical (unpaired) electrons. The maximum absolute atomic E-state index is 13.9. The number of ether oxygens (including phenoxy) is 1. The molecule has 0 aliphatic carbocycles. The summed E-state index contributed by atoms with van der Waals surface area (Å²) in [5.41, 5.74) is 1.54. The minimum atomic E-state index is -0.822. The summed E-state index contributed by atoms with van der Waals surface area (Å²) in [6.45, 7) is 1.86. The Bertz CT molecular complexity index is 1830. The first-order valence-corrected chi connectivity index (χ1v) is 14.3. The van der Waals surface area contributed by atoms with Gasteiger partial charge in [-0.25, -0.2) is 9.79 Å². The van der Waals surface area contributed by atoms with Gasteiger partial charge in [0.05, 0.1) is 33.4 Å². The average Bonchev–Trinajstić information content (AvgIpc) is 3.27. The first-order chi connectivity index (χ1) is 19.3. The van der Waals surface area contributed by atoms with Crippen molar-refractivity contribution in [1.29, 1.82) is 0 Å². The molecule has 9 nitrogen and oxygen atoms in total. The summed E-state index contributed by atoms with van der Waals surface area (Å²) in [5.74, 6) is -1.05. The van der Waals surface area contributed by atoms with Crippen LogP contribution in [0.4, 0.5) is 5.69 Å². The molecule has 202 valence electrons. The monoisotopic (exact) mass is 573 g/mol. The van der Waals surface area contributed by atoms with Gasteiger partial charge in [0.25, 0.3) is 5.56 Å². The van der Waals surface area contributed by atoms with Crippen molar-refractivity contribution in [2.24, 2.45) is 4.99 Å². The molecule has 0 bridgehead atoms. The molecular weight excluding hydrogens is 550 g/mol. The van der Waals surface area contributed by atoms with Gasteiger partial charge in [0, 0.05) is 16.5 Å². The Morgan fingerprint density at radius 3 is 2.55 bits per heavy atom. The van der Waals surface area contributed by atoms with Gasteiger partial charge in [0.1, 0.15) is 0 Å². The molecule has 1 aliphatic heterocycles. The second-order valence-electron chi connectivity index (χ2n) is 8.71. The van der Waals surface area contributed by atoms with E-state index in [1.807, 2.05) is 60.9 Å². The summed E-state index contributed by atoms with van der Waals surface area (Å²) in [7, 11) is 0. The number of fused-ring (bicyclic) bond motifs is 1. The summed E-state index contributed by atoms with van der Waals surface area (Å²) in [5, 5.41) is 21.2. The van der Waals surface area contributed by atoms with Crippen molar-refractivity contribution in [3.8, 4) is 5.75 Å². The van der Waals surface area contributed by atoms with Crippen molar-refractivity contribution >= 4 is 46.5 Å². The summed E-state index contributed by atoms with van der Waals surface area (Å²) >= 11 is 2.69. The van der Waals surface area contributed by atoms with E-state index < -0.39 is 33.9 Å². The molecule has 0 amide bonds. The normalized spacial score (nSPS) is 14.9. The van der Waals surface area contributed by atoms with Crippen LogP contribution in [0.2, 0.25) is 0 Å². The lowest BCUT2D eigenvalue weighted by Gasteiger charge is -2.26. The number of nitro benzene ring substituents is 1. The minimum Gasteiger partial charge on any atom is -0.502 e. The molecule has 2 heterocycles. The quantitative estimate of drug-likeness (QED) is 0.152. The molecule has 1 aliphatic rings. The van der Waals surface area contributed by atoms with Crippen LogP contribution < -0.4 is 14.9 Å². The van der Waals surface area contributed by atoms with Crippen LogP contribution in [0.25, 0.3) is 11.8 Å². The van der Waals surface area contributed by atoms with Crippen LogP contribution in [-0.2, 0) is 9.53 Å².